The fourth-order valence-corrected chi connectivity index (χ4v) is 2.63. The minimum atomic E-state index is -0.0804. The number of hydrogen-bond donors (Lipinski definition) is 1. The van der Waals surface area contributed by atoms with Gasteiger partial charge in [0.15, 0.2) is 0 Å². The molecule has 1 atom stereocenters. The number of benzene rings is 1. The fourth-order valence-electron chi connectivity index (χ4n) is 2.63. The number of rotatable bonds is 4. The van der Waals surface area contributed by atoms with Crippen LogP contribution in [0.25, 0.3) is 0 Å². The smallest absolute Gasteiger partial charge is 0.253 e. The van der Waals surface area contributed by atoms with Crippen molar-refractivity contribution in [3.8, 4) is 0 Å². The third-order valence-electron chi connectivity index (χ3n) is 4.28. The molecule has 4 heteroatoms. The summed E-state index contributed by atoms with van der Waals surface area (Å²) < 4.78 is 0. The normalized spacial score (nSPS) is 16.7. The van der Waals surface area contributed by atoms with Crippen molar-refractivity contribution >= 4 is 11.8 Å². The lowest BCUT2D eigenvalue weighted by Crippen LogP contribution is -2.33. The number of likely N-dealkylation sites (tertiary alicyclic amines) is 1. The van der Waals surface area contributed by atoms with Gasteiger partial charge in [-0.1, -0.05) is 19.8 Å². The average molecular weight is 302 g/mol. The third-order valence-corrected chi connectivity index (χ3v) is 4.28. The Morgan fingerprint density at radius 1 is 1.05 bits per heavy atom. The third kappa shape index (κ3) is 4.33. The molecule has 1 aliphatic heterocycles. The quantitative estimate of drug-likeness (QED) is 0.928. The van der Waals surface area contributed by atoms with Gasteiger partial charge in [0.1, 0.15) is 0 Å². The zero-order valence-corrected chi connectivity index (χ0v) is 13.6. The van der Waals surface area contributed by atoms with Crippen molar-refractivity contribution in [2.45, 2.75) is 52.0 Å². The van der Waals surface area contributed by atoms with E-state index in [9.17, 15) is 9.59 Å². The molecule has 4 nitrogen and oxygen atoms in total. The number of carbonyl (C=O) groups excluding carboxylic acids is 2. The summed E-state index contributed by atoms with van der Waals surface area (Å²) in [5, 5.41) is 2.93. The average Bonchev–Trinajstić information content (AvgIpc) is 2.83. The van der Waals surface area contributed by atoms with Crippen molar-refractivity contribution in [3.63, 3.8) is 0 Å². The van der Waals surface area contributed by atoms with Gasteiger partial charge in [-0.2, -0.15) is 0 Å². The Balaban J connectivity index is 2.01. The maximum absolute atomic E-state index is 12.5. The Bertz CT molecular complexity index is 502. The molecule has 1 N–H and O–H groups in total. The van der Waals surface area contributed by atoms with Crippen LogP contribution in [0, 0.1) is 0 Å². The van der Waals surface area contributed by atoms with Crippen LogP contribution in [0.5, 0.6) is 0 Å². The van der Waals surface area contributed by atoms with Crippen LogP contribution in [0.2, 0.25) is 0 Å². The monoisotopic (exact) mass is 302 g/mol. The Hall–Kier alpha value is -1.84. The van der Waals surface area contributed by atoms with E-state index < -0.39 is 0 Å². The maximum Gasteiger partial charge on any atom is 0.253 e. The first-order valence-electron chi connectivity index (χ1n) is 8.32. The zero-order valence-electron chi connectivity index (χ0n) is 13.6. The first-order valence-corrected chi connectivity index (χ1v) is 8.32. The van der Waals surface area contributed by atoms with Crippen molar-refractivity contribution in [1.29, 1.82) is 0 Å². The molecule has 1 aromatic rings. The number of nitrogens with one attached hydrogen (secondary N) is 1. The summed E-state index contributed by atoms with van der Waals surface area (Å²) >= 11 is 0. The van der Waals surface area contributed by atoms with E-state index in [1.807, 2.05) is 18.7 Å². The summed E-state index contributed by atoms with van der Waals surface area (Å²) in [6, 6.07) is 7.16. The SMILES string of the molecule is CCC(C)NC(=O)c1ccc(C(=O)N2CCCCCC2)cc1. The second kappa shape index (κ2) is 7.97. The lowest BCUT2D eigenvalue weighted by Gasteiger charge is -2.20. The Kier molecular flexibility index (Phi) is 5.99. The summed E-state index contributed by atoms with van der Waals surface area (Å²) in [5.41, 5.74) is 1.27. The highest BCUT2D eigenvalue weighted by atomic mass is 16.2. The zero-order chi connectivity index (χ0) is 15.9. The summed E-state index contributed by atoms with van der Waals surface area (Å²) in [5.74, 6) is -0.00101. The van der Waals surface area contributed by atoms with Crippen LogP contribution < -0.4 is 5.32 Å². The molecule has 0 aromatic heterocycles. The number of carbonyl (C=O) groups is 2. The van der Waals surface area contributed by atoms with E-state index in [2.05, 4.69) is 5.32 Å². The van der Waals surface area contributed by atoms with Crippen molar-refractivity contribution < 1.29 is 9.59 Å². The molecular weight excluding hydrogens is 276 g/mol. The number of hydrogen-bond acceptors (Lipinski definition) is 2. The molecule has 22 heavy (non-hydrogen) atoms. The molecular formula is C18H26N2O2. The molecule has 1 heterocycles. The summed E-state index contributed by atoms with van der Waals surface area (Å²) in [6.07, 6.45) is 5.48. The van der Waals surface area contributed by atoms with Crippen molar-refractivity contribution in [2.24, 2.45) is 0 Å². The molecule has 1 fully saturated rings. The molecule has 2 amide bonds. The van der Waals surface area contributed by atoms with E-state index in [-0.39, 0.29) is 17.9 Å². The molecule has 2 rings (SSSR count). The van der Waals surface area contributed by atoms with Gasteiger partial charge in [-0.15, -0.1) is 0 Å². The first kappa shape index (κ1) is 16.5. The first-order chi connectivity index (χ1) is 10.6. The molecule has 1 saturated heterocycles. The van der Waals surface area contributed by atoms with Gasteiger partial charge in [0, 0.05) is 30.3 Å². The van der Waals surface area contributed by atoms with Crippen LogP contribution in [0.3, 0.4) is 0 Å². The standard InChI is InChI=1S/C18H26N2O2/c1-3-14(2)19-17(21)15-8-10-16(11-9-15)18(22)20-12-6-4-5-7-13-20/h8-11,14H,3-7,12-13H2,1-2H3,(H,19,21). The van der Waals surface area contributed by atoms with Crippen LogP contribution in [0.15, 0.2) is 24.3 Å². The summed E-state index contributed by atoms with van der Waals surface area (Å²) in [6.45, 7) is 5.70. The van der Waals surface area contributed by atoms with Gasteiger partial charge in [0.2, 0.25) is 0 Å². The Morgan fingerprint density at radius 3 is 2.14 bits per heavy atom. The largest absolute Gasteiger partial charge is 0.350 e. The van der Waals surface area contributed by atoms with Crippen LogP contribution in [-0.2, 0) is 0 Å². The maximum atomic E-state index is 12.5. The molecule has 0 radical (unpaired) electrons. The highest BCUT2D eigenvalue weighted by Gasteiger charge is 2.17. The van der Waals surface area contributed by atoms with E-state index in [1.54, 1.807) is 24.3 Å². The molecule has 0 aliphatic carbocycles. The molecule has 0 saturated carbocycles. The van der Waals surface area contributed by atoms with Crippen LogP contribution in [0.4, 0.5) is 0 Å². The predicted molar refractivity (Wildman–Crippen MR) is 88.0 cm³/mol. The van der Waals surface area contributed by atoms with Gasteiger partial charge >= 0.3 is 0 Å². The van der Waals surface area contributed by atoms with Crippen LogP contribution >= 0.6 is 0 Å². The molecule has 1 aliphatic rings. The van der Waals surface area contributed by atoms with Crippen molar-refractivity contribution in [1.82, 2.24) is 10.2 Å². The van der Waals surface area contributed by atoms with Crippen molar-refractivity contribution in [2.75, 3.05) is 13.1 Å². The predicted octanol–water partition coefficient (Wildman–Crippen LogP) is 3.23. The number of nitrogens with zero attached hydrogens (tertiary/aromatic N) is 1. The van der Waals surface area contributed by atoms with Gasteiger partial charge in [0.25, 0.3) is 11.8 Å². The minimum absolute atomic E-state index is 0.0794. The van der Waals surface area contributed by atoms with E-state index in [0.717, 1.165) is 32.4 Å². The molecule has 0 bridgehead atoms. The highest BCUT2D eigenvalue weighted by molar-refractivity contribution is 5.97. The van der Waals surface area contributed by atoms with Crippen LogP contribution in [0.1, 0.15) is 66.7 Å². The molecule has 120 valence electrons. The molecule has 1 aromatic carbocycles. The van der Waals surface area contributed by atoms with Gasteiger partial charge in [-0.25, -0.2) is 0 Å². The number of amides is 2. The van der Waals surface area contributed by atoms with E-state index in [0.29, 0.717) is 11.1 Å². The Labute approximate surface area is 132 Å². The van der Waals surface area contributed by atoms with Gasteiger partial charge in [-0.05, 0) is 50.5 Å². The second-order valence-electron chi connectivity index (χ2n) is 6.07. The fraction of sp³-hybridized carbons (Fsp3) is 0.556. The van der Waals surface area contributed by atoms with E-state index in [4.69, 9.17) is 0 Å². The molecule has 1 unspecified atom stereocenters. The van der Waals surface area contributed by atoms with Crippen molar-refractivity contribution in [3.05, 3.63) is 35.4 Å². The summed E-state index contributed by atoms with van der Waals surface area (Å²) in [4.78, 5) is 26.5. The van der Waals surface area contributed by atoms with Gasteiger partial charge < -0.3 is 10.2 Å². The lowest BCUT2D eigenvalue weighted by molar-refractivity contribution is 0.0761. The van der Waals surface area contributed by atoms with E-state index >= 15 is 0 Å². The van der Waals surface area contributed by atoms with Crippen LogP contribution in [-0.4, -0.2) is 35.8 Å². The summed E-state index contributed by atoms with van der Waals surface area (Å²) in [7, 11) is 0. The second-order valence-corrected chi connectivity index (χ2v) is 6.07. The highest BCUT2D eigenvalue weighted by Crippen LogP contribution is 2.14. The topological polar surface area (TPSA) is 49.4 Å². The Morgan fingerprint density at radius 2 is 1.59 bits per heavy atom. The lowest BCUT2D eigenvalue weighted by atomic mass is 10.1. The van der Waals surface area contributed by atoms with E-state index in [1.165, 1.54) is 12.8 Å². The van der Waals surface area contributed by atoms with Gasteiger partial charge in [0.05, 0.1) is 0 Å². The minimum Gasteiger partial charge on any atom is -0.350 e. The molecule has 0 spiro atoms. The van der Waals surface area contributed by atoms with Gasteiger partial charge in [-0.3, -0.25) is 9.59 Å².